The maximum absolute atomic E-state index is 13.1. The number of anilines is 1. The minimum Gasteiger partial charge on any atom is -0.478 e. The first-order valence-corrected chi connectivity index (χ1v) is 13.6. The Kier molecular flexibility index (Phi) is 9.62. The van der Waals surface area contributed by atoms with Crippen molar-refractivity contribution in [3.63, 3.8) is 0 Å². The summed E-state index contributed by atoms with van der Waals surface area (Å²) >= 11 is 13.9. The zero-order valence-corrected chi connectivity index (χ0v) is 23.9. The number of rotatable bonds is 10. The van der Waals surface area contributed by atoms with Crippen molar-refractivity contribution in [2.45, 2.75) is 53.1 Å². The van der Waals surface area contributed by atoms with Crippen LogP contribution in [-0.2, 0) is 22.4 Å². The summed E-state index contributed by atoms with van der Waals surface area (Å²) in [6, 6.07) is 12.0. The van der Waals surface area contributed by atoms with E-state index in [0.29, 0.717) is 34.1 Å². The highest BCUT2D eigenvalue weighted by molar-refractivity contribution is 7.16. The second-order valence-corrected chi connectivity index (χ2v) is 12.2. The Bertz CT molecular complexity index is 1250. The van der Waals surface area contributed by atoms with Gasteiger partial charge in [0.25, 0.3) is 0 Å². The molecule has 0 fully saturated rings. The van der Waals surface area contributed by atoms with Gasteiger partial charge in [-0.3, -0.25) is 4.79 Å². The van der Waals surface area contributed by atoms with Crippen LogP contribution in [0.4, 0.5) is 5.13 Å². The molecule has 2 aromatic carbocycles. The van der Waals surface area contributed by atoms with Gasteiger partial charge in [0.1, 0.15) is 5.60 Å². The molecule has 0 saturated carbocycles. The number of benzene rings is 2. The molecule has 1 aromatic heterocycles. The summed E-state index contributed by atoms with van der Waals surface area (Å²) in [5.74, 6) is -1.39. The summed E-state index contributed by atoms with van der Waals surface area (Å²) in [5.41, 5.74) is 2.15. The molecular weight excluding hydrogens is 531 g/mol. The van der Waals surface area contributed by atoms with Gasteiger partial charge in [-0.25, -0.2) is 9.78 Å². The molecule has 0 spiro atoms. The van der Waals surface area contributed by atoms with Crippen molar-refractivity contribution in [2.75, 3.05) is 11.9 Å². The third-order valence-corrected chi connectivity index (χ3v) is 7.18. The van der Waals surface area contributed by atoms with Crippen LogP contribution in [0.15, 0.2) is 42.5 Å². The number of hydrogen-bond acceptors (Lipinski definition) is 6. The molecule has 0 aliphatic carbocycles. The molecule has 0 saturated heterocycles. The molecule has 198 valence electrons. The molecule has 3 aromatic rings. The molecule has 1 unspecified atom stereocenters. The number of nitrogens with zero attached hydrogens (tertiary/aromatic N) is 1. The highest BCUT2D eigenvalue weighted by Crippen LogP contribution is 2.36. The first kappa shape index (κ1) is 29.0. The Balaban J connectivity index is 1.85. The van der Waals surface area contributed by atoms with Gasteiger partial charge in [-0.2, -0.15) is 0 Å². The van der Waals surface area contributed by atoms with E-state index in [1.807, 2.05) is 32.9 Å². The highest BCUT2D eigenvalue weighted by atomic mass is 35.5. The number of halogens is 2. The van der Waals surface area contributed by atoms with Crippen LogP contribution in [0.25, 0.3) is 11.3 Å². The van der Waals surface area contributed by atoms with Gasteiger partial charge >= 0.3 is 11.9 Å². The average Bonchev–Trinajstić information content (AvgIpc) is 3.19. The Morgan fingerprint density at radius 1 is 1.05 bits per heavy atom. The lowest BCUT2D eigenvalue weighted by Gasteiger charge is -2.24. The molecule has 0 bridgehead atoms. The zero-order valence-electron chi connectivity index (χ0n) is 21.6. The van der Waals surface area contributed by atoms with Gasteiger partial charge in [-0.15, -0.1) is 11.3 Å². The number of esters is 1. The van der Waals surface area contributed by atoms with Crippen LogP contribution in [-0.4, -0.2) is 34.2 Å². The summed E-state index contributed by atoms with van der Waals surface area (Å²) in [5, 5.41) is 14.2. The second-order valence-electron chi connectivity index (χ2n) is 10.3. The third kappa shape index (κ3) is 8.45. The number of hydrogen-bond donors (Lipinski definition) is 2. The molecule has 0 radical (unpaired) electrons. The van der Waals surface area contributed by atoms with Crippen molar-refractivity contribution in [2.24, 2.45) is 11.8 Å². The standard InChI is InChI=1S/C28H32Cl2N2O4S/c1-16(2)12-23-24(19-10-11-21(29)22(30)14-19)32-27(37-23)31-15-20(26(35)36-28(3,4)5)13-17-6-8-18(9-7-17)25(33)34/h6-11,14,16,20H,12-13,15H2,1-5H3,(H,31,32)(H,33,34). The van der Waals surface area contributed by atoms with Gasteiger partial charge in [-0.1, -0.05) is 55.2 Å². The lowest BCUT2D eigenvalue weighted by atomic mass is 9.98. The van der Waals surface area contributed by atoms with Crippen molar-refractivity contribution in [3.8, 4) is 11.3 Å². The average molecular weight is 564 g/mol. The van der Waals surface area contributed by atoms with Crippen molar-refractivity contribution in [1.82, 2.24) is 4.98 Å². The van der Waals surface area contributed by atoms with Gasteiger partial charge in [0.2, 0.25) is 0 Å². The molecule has 2 N–H and O–H groups in total. The summed E-state index contributed by atoms with van der Waals surface area (Å²) in [4.78, 5) is 30.2. The van der Waals surface area contributed by atoms with E-state index in [0.717, 1.165) is 28.1 Å². The van der Waals surface area contributed by atoms with E-state index in [2.05, 4.69) is 19.2 Å². The fourth-order valence-electron chi connectivity index (χ4n) is 3.71. The van der Waals surface area contributed by atoms with Crippen LogP contribution >= 0.6 is 34.5 Å². The van der Waals surface area contributed by atoms with E-state index in [9.17, 15) is 9.59 Å². The van der Waals surface area contributed by atoms with Crippen molar-refractivity contribution >= 4 is 51.6 Å². The van der Waals surface area contributed by atoms with Gasteiger partial charge in [0.15, 0.2) is 5.13 Å². The Labute approximate surface area is 232 Å². The number of carboxylic acid groups (broad SMARTS) is 1. The minimum atomic E-state index is -0.990. The van der Waals surface area contributed by atoms with E-state index in [-0.39, 0.29) is 11.5 Å². The second kappa shape index (κ2) is 12.3. The lowest BCUT2D eigenvalue weighted by molar-refractivity contribution is -0.159. The fourth-order valence-corrected chi connectivity index (χ4v) is 5.21. The first-order valence-electron chi connectivity index (χ1n) is 12.1. The number of thiazole rings is 1. The van der Waals surface area contributed by atoms with Crippen LogP contribution in [0.1, 0.15) is 55.4 Å². The van der Waals surface area contributed by atoms with Gasteiger partial charge in [-0.05, 0) is 69.4 Å². The number of ether oxygens (including phenoxy) is 1. The van der Waals surface area contributed by atoms with Crippen LogP contribution in [0.2, 0.25) is 10.0 Å². The summed E-state index contributed by atoms with van der Waals surface area (Å²) in [7, 11) is 0. The normalized spacial score (nSPS) is 12.4. The summed E-state index contributed by atoms with van der Waals surface area (Å²) < 4.78 is 5.68. The Morgan fingerprint density at radius 2 is 1.73 bits per heavy atom. The first-order chi connectivity index (χ1) is 17.3. The predicted octanol–water partition coefficient (Wildman–Crippen LogP) is 7.63. The zero-order chi connectivity index (χ0) is 27.3. The third-order valence-electron chi connectivity index (χ3n) is 5.41. The number of aromatic nitrogens is 1. The van der Waals surface area contributed by atoms with E-state index in [1.54, 1.807) is 41.7 Å². The van der Waals surface area contributed by atoms with E-state index in [4.69, 9.17) is 38.0 Å². The van der Waals surface area contributed by atoms with Gasteiger partial charge in [0, 0.05) is 17.0 Å². The topological polar surface area (TPSA) is 88.5 Å². The van der Waals surface area contributed by atoms with E-state index < -0.39 is 17.5 Å². The lowest BCUT2D eigenvalue weighted by Crippen LogP contribution is -2.33. The number of nitrogens with one attached hydrogen (secondary N) is 1. The molecule has 0 amide bonds. The summed E-state index contributed by atoms with van der Waals surface area (Å²) in [6.45, 7) is 10.1. The number of carbonyl (C=O) groups excluding carboxylic acids is 1. The maximum Gasteiger partial charge on any atom is 0.335 e. The van der Waals surface area contributed by atoms with Crippen molar-refractivity contribution in [1.29, 1.82) is 0 Å². The quantitative estimate of drug-likeness (QED) is 0.247. The smallest absolute Gasteiger partial charge is 0.335 e. The predicted molar refractivity (Wildman–Crippen MR) is 151 cm³/mol. The number of carboxylic acids is 1. The molecule has 0 aliphatic heterocycles. The fraction of sp³-hybridized carbons (Fsp3) is 0.393. The van der Waals surface area contributed by atoms with Crippen LogP contribution in [0, 0.1) is 11.8 Å². The molecule has 1 heterocycles. The molecule has 9 heteroatoms. The highest BCUT2D eigenvalue weighted by Gasteiger charge is 2.26. The molecule has 37 heavy (non-hydrogen) atoms. The molecule has 3 rings (SSSR count). The van der Waals surface area contributed by atoms with Crippen LogP contribution in [0.3, 0.4) is 0 Å². The SMILES string of the molecule is CC(C)Cc1sc(NCC(Cc2ccc(C(=O)O)cc2)C(=O)OC(C)(C)C)nc1-c1ccc(Cl)c(Cl)c1. The monoisotopic (exact) mass is 562 g/mol. The number of aromatic carboxylic acids is 1. The van der Waals surface area contributed by atoms with E-state index in [1.165, 1.54) is 0 Å². The molecular formula is C28H32Cl2N2O4S. The minimum absolute atomic E-state index is 0.200. The van der Waals surface area contributed by atoms with Crippen LogP contribution in [0.5, 0.6) is 0 Å². The Hall–Kier alpha value is -2.61. The Morgan fingerprint density at radius 3 is 2.30 bits per heavy atom. The number of carbonyl (C=O) groups is 2. The largest absolute Gasteiger partial charge is 0.478 e. The van der Waals surface area contributed by atoms with Crippen LogP contribution < -0.4 is 5.32 Å². The van der Waals surface area contributed by atoms with Gasteiger partial charge < -0.3 is 15.2 Å². The van der Waals surface area contributed by atoms with Crippen molar-refractivity contribution < 1.29 is 19.4 Å². The van der Waals surface area contributed by atoms with Gasteiger partial charge in [0.05, 0.1) is 27.2 Å². The van der Waals surface area contributed by atoms with Crippen molar-refractivity contribution in [3.05, 3.63) is 68.5 Å². The molecule has 1 atom stereocenters. The molecule has 0 aliphatic rings. The van der Waals surface area contributed by atoms with E-state index >= 15 is 0 Å². The maximum atomic E-state index is 13.1. The summed E-state index contributed by atoms with van der Waals surface area (Å²) in [6.07, 6.45) is 1.24. The molecule has 6 nitrogen and oxygen atoms in total.